The van der Waals surface area contributed by atoms with Gasteiger partial charge in [0.05, 0.1) is 27.1 Å². The van der Waals surface area contributed by atoms with Crippen LogP contribution in [0.4, 0.5) is 22.7 Å². The first-order valence-electron chi connectivity index (χ1n) is 9.18. The Kier molecular flexibility index (Phi) is 7.36. The van der Waals surface area contributed by atoms with Crippen molar-refractivity contribution in [2.45, 2.75) is 4.90 Å². The Morgan fingerprint density at radius 2 is 1.49 bits per heavy atom. The third-order valence-electron chi connectivity index (χ3n) is 4.29. The molecule has 35 heavy (non-hydrogen) atoms. The first-order valence-corrected chi connectivity index (χ1v) is 11.4. The largest absolute Gasteiger partial charge is 0.378 e. The number of anilines is 1. The van der Waals surface area contributed by atoms with Crippen LogP contribution in [-0.4, -0.2) is 29.4 Å². The van der Waals surface area contributed by atoms with Crippen molar-refractivity contribution in [1.82, 2.24) is 0 Å². The fourth-order valence-corrected chi connectivity index (χ4v) is 3.98. The molecule has 14 nitrogen and oxygen atoms in total. The fraction of sp³-hybridized carbons (Fsp3) is 0. The summed E-state index contributed by atoms with van der Waals surface area (Å²) in [7, 11) is -4.37. The topological polar surface area (TPSA) is 197 Å². The van der Waals surface area contributed by atoms with E-state index < -0.39 is 36.3 Å². The van der Waals surface area contributed by atoms with Gasteiger partial charge in [-0.15, -0.1) is 0 Å². The van der Waals surface area contributed by atoms with Crippen molar-refractivity contribution in [2.24, 2.45) is 5.10 Å². The molecule has 0 heterocycles. The standard InChI is InChI=1S/C19H12BrN5O9S/c20-13-1-8-19(34-35(32,33)16-5-2-14(3-6-16)23(26)27)12(9-13)11-21-22-17-7-4-15(24(28)29)10-18(17)25(30)31/h1-11,22H/b21-11-. The third kappa shape index (κ3) is 6.12. The first kappa shape index (κ1) is 25.2. The van der Waals surface area contributed by atoms with E-state index in [-0.39, 0.29) is 27.6 Å². The molecule has 0 saturated heterocycles. The quantitative estimate of drug-likeness (QED) is 0.168. The molecule has 16 heteroatoms. The molecular formula is C19H12BrN5O9S. The summed E-state index contributed by atoms with van der Waals surface area (Å²) in [5, 5.41) is 36.7. The van der Waals surface area contributed by atoms with E-state index in [1.165, 1.54) is 18.2 Å². The SMILES string of the molecule is O=[N+]([O-])c1ccc(S(=O)(=O)Oc2ccc(Br)cc2/C=N\Nc2ccc([N+](=O)[O-])cc2[N+](=O)[O-])cc1. The molecule has 0 radical (unpaired) electrons. The van der Waals surface area contributed by atoms with Crippen molar-refractivity contribution in [2.75, 3.05) is 5.43 Å². The molecule has 0 amide bonds. The van der Waals surface area contributed by atoms with Gasteiger partial charge in [0.25, 0.3) is 11.4 Å². The zero-order valence-corrected chi connectivity index (χ0v) is 19.5. The van der Waals surface area contributed by atoms with Crippen molar-refractivity contribution in [3.8, 4) is 5.75 Å². The molecule has 180 valence electrons. The average Bonchev–Trinajstić information content (AvgIpc) is 2.80. The molecule has 0 saturated carbocycles. The molecule has 0 spiro atoms. The summed E-state index contributed by atoms with van der Waals surface area (Å²) in [4.78, 5) is 30.3. The Labute approximate surface area is 204 Å². The highest BCUT2D eigenvalue weighted by Crippen LogP contribution is 2.30. The molecule has 1 N–H and O–H groups in total. The number of hydrazone groups is 1. The van der Waals surface area contributed by atoms with Crippen LogP contribution in [0.2, 0.25) is 0 Å². The summed E-state index contributed by atoms with van der Waals surface area (Å²) in [5.74, 6) is -0.157. The highest BCUT2D eigenvalue weighted by Gasteiger charge is 2.21. The van der Waals surface area contributed by atoms with E-state index in [4.69, 9.17) is 4.18 Å². The number of rotatable bonds is 9. The maximum atomic E-state index is 12.6. The van der Waals surface area contributed by atoms with E-state index in [0.717, 1.165) is 48.7 Å². The third-order valence-corrected chi connectivity index (χ3v) is 6.03. The number of hydrogen-bond donors (Lipinski definition) is 1. The van der Waals surface area contributed by atoms with Crippen LogP contribution >= 0.6 is 15.9 Å². The summed E-state index contributed by atoms with van der Waals surface area (Å²) in [6.45, 7) is 0. The van der Waals surface area contributed by atoms with Gasteiger partial charge in [-0.1, -0.05) is 15.9 Å². The van der Waals surface area contributed by atoms with Gasteiger partial charge in [-0.05, 0) is 36.4 Å². The number of halogens is 1. The molecule has 3 rings (SSSR count). The van der Waals surface area contributed by atoms with Gasteiger partial charge < -0.3 is 4.18 Å². The normalized spacial score (nSPS) is 11.2. The van der Waals surface area contributed by atoms with Crippen LogP contribution in [0.25, 0.3) is 0 Å². The monoisotopic (exact) mass is 565 g/mol. The Morgan fingerprint density at radius 3 is 2.09 bits per heavy atom. The minimum atomic E-state index is -4.37. The summed E-state index contributed by atoms with van der Waals surface area (Å²) in [6.07, 6.45) is 1.12. The van der Waals surface area contributed by atoms with Crippen molar-refractivity contribution in [3.63, 3.8) is 0 Å². The van der Waals surface area contributed by atoms with Crippen LogP contribution in [0.1, 0.15) is 5.56 Å². The van der Waals surface area contributed by atoms with E-state index in [0.29, 0.717) is 4.47 Å². The van der Waals surface area contributed by atoms with Gasteiger partial charge in [0, 0.05) is 28.2 Å². The lowest BCUT2D eigenvalue weighted by atomic mass is 10.2. The van der Waals surface area contributed by atoms with Gasteiger partial charge in [-0.25, -0.2) is 0 Å². The van der Waals surface area contributed by atoms with Gasteiger partial charge >= 0.3 is 15.8 Å². The first-order chi connectivity index (χ1) is 16.5. The highest BCUT2D eigenvalue weighted by atomic mass is 79.9. The smallest absolute Gasteiger partial charge is 0.339 e. The molecular weight excluding hydrogens is 554 g/mol. The molecule has 0 aliphatic rings. The highest BCUT2D eigenvalue weighted by molar-refractivity contribution is 9.10. The molecule has 3 aromatic rings. The lowest BCUT2D eigenvalue weighted by Gasteiger charge is -2.10. The van der Waals surface area contributed by atoms with Crippen LogP contribution in [0, 0.1) is 30.3 Å². The summed E-state index contributed by atoms with van der Waals surface area (Å²) in [6, 6.07) is 11.3. The number of nitro groups is 3. The number of nitrogens with zero attached hydrogens (tertiary/aromatic N) is 4. The van der Waals surface area contributed by atoms with Gasteiger partial charge in [0.2, 0.25) is 0 Å². The van der Waals surface area contributed by atoms with Gasteiger partial charge in [0.15, 0.2) is 5.75 Å². The summed E-state index contributed by atoms with van der Waals surface area (Å²) < 4.78 is 30.9. The second kappa shape index (κ2) is 10.2. The predicted molar refractivity (Wildman–Crippen MR) is 126 cm³/mol. The van der Waals surface area contributed by atoms with Crippen molar-refractivity contribution < 1.29 is 27.4 Å². The van der Waals surface area contributed by atoms with E-state index in [9.17, 15) is 38.8 Å². The lowest BCUT2D eigenvalue weighted by Crippen LogP contribution is -2.11. The lowest BCUT2D eigenvalue weighted by molar-refractivity contribution is -0.393. The Hall–Kier alpha value is -4.44. The van der Waals surface area contributed by atoms with Gasteiger partial charge in [-0.2, -0.15) is 13.5 Å². The molecule has 0 fully saturated rings. The Balaban J connectivity index is 1.87. The van der Waals surface area contributed by atoms with Crippen LogP contribution < -0.4 is 9.61 Å². The number of non-ortho nitro benzene ring substituents is 2. The molecule has 0 bridgehead atoms. The van der Waals surface area contributed by atoms with Crippen LogP contribution in [-0.2, 0) is 10.1 Å². The van der Waals surface area contributed by atoms with Crippen molar-refractivity contribution >= 4 is 55.0 Å². The molecule has 3 aromatic carbocycles. The Bertz CT molecular complexity index is 1460. The van der Waals surface area contributed by atoms with Crippen LogP contribution in [0.15, 0.2) is 75.1 Å². The average molecular weight is 566 g/mol. The second-order valence-corrected chi connectivity index (χ2v) is 9.02. The molecule has 0 aliphatic carbocycles. The number of benzene rings is 3. The molecule has 0 aromatic heterocycles. The maximum absolute atomic E-state index is 12.6. The number of nitro benzene ring substituents is 3. The zero-order valence-electron chi connectivity index (χ0n) is 17.1. The van der Waals surface area contributed by atoms with E-state index >= 15 is 0 Å². The van der Waals surface area contributed by atoms with E-state index in [1.807, 2.05) is 0 Å². The number of nitrogens with one attached hydrogen (secondary N) is 1. The Morgan fingerprint density at radius 1 is 0.857 bits per heavy atom. The second-order valence-electron chi connectivity index (χ2n) is 6.56. The van der Waals surface area contributed by atoms with Crippen molar-refractivity contribution in [1.29, 1.82) is 0 Å². The zero-order chi connectivity index (χ0) is 25.8. The van der Waals surface area contributed by atoms with E-state index in [2.05, 4.69) is 26.5 Å². The van der Waals surface area contributed by atoms with Crippen molar-refractivity contribution in [3.05, 3.63) is 101 Å². The minimum absolute atomic E-state index is 0.141. The summed E-state index contributed by atoms with van der Waals surface area (Å²) in [5.41, 5.74) is 1.01. The molecule has 0 aliphatic heterocycles. The van der Waals surface area contributed by atoms with E-state index in [1.54, 1.807) is 0 Å². The molecule has 0 unspecified atom stereocenters. The van der Waals surface area contributed by atoms with Gasteiger partial charge in [-0.3, -0.25) is 35.8 Å². The van der Waals surface area contributed by atoms with Crippen LogP contribution in [0.5, 0.6) is 5.75 Å². The summed E-state index contributed by atoms with van der Waals surface area (Å²) >= 11 is 3.23. The fourth-order valence-electron chi connectivity index (χ4n) is 2.65. The predicted octanol–water partition coefficient (Wildman–Crippen LogP) is 4.39. The van der Waals surface area contributed by atoms with Gasteiger partial charge in [0.1, 0.15) is 10.6 Å². The molecule has 0 atom stereocenters. The minimum Gasteiger partial charge on any atom is -0.378 e. The van der Waals surface area contributed by atoms with Crippen LogP contribution in [0.3, 0.4) is 0 Å². The maximum Gasteiger partial charge on any atom is 0.339 e. The number of hydrogen-bond acceptors (Lipinski definition) is 11.